The maximum absolute atomic E-state index is 12.4. The van der Waals surface area contributed by atoms with Gasteiger partial charge in [-0.1, -0.05) is 39.7 Å². The molecular formula is C17H15BrClNO3. The summed E-state index contributed by atoms with van der Waals surface area (Å²) in [5.74, 6) is -1.53. The molecule has 0 bridgehead atoms. The molecule has 0 saturated heterocycles. The predicted octanol–water partition coefficient (Wildman–Crippen LogP) is 4.19. The molecule has 2 aromatic carbocycles. The lowest BCUT2D eigenvalue weighted by atomic mass is 9.95. The highest BCUT2D eigenvalue weighted by atomic mass is 79.9. The Kier molecular flexibility index (Phi) is 5.80. The van der Waals surface area contributed by atoms with Gasteiger partial charge in [0.05, 0.1) is 10.7 Å². The molecule has 2 aromatic rings. The van der Waals surface area contributed by atoms with Crippen LogP contribution in [0.3, 0.4) is 0 Å². The molecule has 1 unspecified atom stereocenters. The Labute approximate surface area is 147 Å². The van der Waals surface area contributed by atoms with Gasteiger partial charge < -0.3 is 10.4 Å². The summed E-state index contributed by atoms with van der Waals surface area (Å²) < 4.78 is 0.927. The second-order valence-corrected chi connectivity index (χ2v) is 6.47. The zero-order chi connectivity index (χ0) is 17.0. The van der Waals surface area contributed by atoms with Gasteiger partial charge in [0.15, 0.2) is 0 Å². The van der Waals surface area contributed by atoms with Crippen molar-refractivity contribution in [2.45, 2.75) is 13.3 Å². The Morgan fingerprint density at radius 3 is 2.48 bits per heavy atom. The molecule has 0 aromatic heterocycles. The van der Waals surface area contributed by atoms with E-state index in [4.69, 9.17) is 11.6 Å². The molecule has 2 N–H and O–H groups in total. The average molecular weight is 397 g/mol. The molecule has 23 heavy (non-hydrogen) atoms. The number of rotatable bonds is 5. The second-order valence-electron chi connectivity index (χ2n) is 5.15. The molecule has 1 amide bonds. The summed E-state index contributed by atoms with van der Waals surface area (Å²) in [6.45, 7) is 1.38. The third kappa shape index (κ3) is 4.81. The molecule has 0 saturated carbocycles. The van der Waals surface area contributed by atoms with Crippen LogP contribution in [0.4, 0.5) is 5.69 Å². The van der Waals surface area contributed by atoms with Crippen LogP contribution in [-0.2, 0) is 16.0 Å². The summed E-state index contributed by atoms with van der Waals surface area (Å²) in [6, 6.07) is 11.7. The maximum Gasteiger partial charge on any atom is 0.235 e. The number of aromatic hydroxyl groups is 1. The van der Waals surface area contributed by atoms with Gasteiger partial charge in [-0.15, -0.1) is 0 Å². The standard InChI is InChI=1S/C17H15BrClNO3/c1-10(21)14(8-11-2-4-12(18)5-3-11)17(23)20-16-9-13(22)6-7-15(16)19/h2-7,9,14,22H,8H2,1H3,(H,20,23). The zero-order valence-corrected chi connectivity index (χ0v) is 14.7. The Bertz CT molecular complexity index is 731. The normalized spacial score (nSPS) is 11.8. The first kappa shape index (κ1) is 17.5. The van der Waals surface area contributed by atoms with E-state index < -0.39 is 11.8 Å². The molecule has 0 spiro atoms. The summed E-state index contributed by atoms with van der Waals surface area (Å²) in [7, 11) is 0. The third-order valence-corrected chi connectivity index (χ3v) is 4.23. The highest BCUT2D eigenvalue weighted by Gasteiger charge is 2.24. The van der Waals surface area contributed by atoms with Crippen LogP contribution in [0.5, 0.6) is 5.75 Å². The van der Waals surface area contributed by atoms with Crippen molar-refractivity contribution in [2.24, 2.45) is 5.92 Å². The lowest BCUT2D eigenvalue weighted by molar-refractivity contribution is -0.129. The Morgan fingerprint density at radius 2 is 1.87 bits per heavy atom. The van der Waals surface area contributed by atoms with Crippen molar-refractivity contribution in [1.29, 1.82) is 0 Å². The largest absolute Gasteiger partial charge is 0.508 e. The van der Waals surface area contributed by atoms with Gasteiger partial charge in [-0.2, -0.15) is 0 Å². The van der Waals surface area contributed by atoms with E-state index in [2.05, 4.69) is 21.2 Å². The number of Topliss-reactive ketones (excluding diaryl/α,β-unsaturated/α-hetero) is 1. The molecule has 4 nitrogen and oxygen atoms in total. The first-order chi connectivity index (χ1) is 10.9. The third-order valence-electron chi connectivity index (χ3n) is 3.37. The molecule has 0 aliphatic rings. The van der Waals surface area contributed by atoms with Gasteiger partial charge in [0.1, 0.15) is 17.5 Å². The minimum Gasteiger partial charge on any atom is -0.508 e. The Hall–Kier alpha value is -1.85. The topological polar surface area (TPSA) is 66.4 Å². The van der Waals surface area contributed by atoms with Crippen LogP contribution >= 0.6 is 27.5 Å². The van der Waals surface area contributed by atoms with Gasteiger partial charge >= 0.3 is 0 Å². The van der Waals surface area contributed by atoms with Crippen molar-refractivity contribution in [2.75, 3.05) is 5.32 Å². The maximum atomic E-state index is 12.4. The molecule has 6 heteroatoms. The van der Waals surface area contributed by atoms with E-state index in [-0.39, 0.29) is 17.2 Å². The molecule has 0 aliphatic carbocycles. The number of ketones is 1. The number of carbonyl (C=O) groups excluding carboxylic acids is 2. The molecule has 0 fully saturated rings. The van der Waals surface area contributed by atoms with Crippen molar-refractivity contribution in [1.82, 2.24) is 0 Å². The summed E-state index contributed by atoms with van der Waals surface area (Å²) in [4.78, 5) is 24.3. The molecule has 0 radical (unpaired) electrons. The van der Waals surface area contributed by atoms with Crippen LogP contribution in [0, 0.1) is 5.92 Å². The quantitative estimate of drug-likeness (QED) is 0.745. The van der Waals surface area contributed by atoms with E-state index in [9.17, 15) is 14.7 Å². The number of halogens is 2. The first-order valence-corrected chi connectivity index (χ1v) is 8.08. The molecule has 0 aliphatic heterocycles. The molecule has 1 atom stereocenters. The minimum atomic E-state index is -0.824. The lowest BCUT2D eigenvalue weighted by Gasteiger charge is -2.15. The summed E-state index contributed by atoms with van der Waals surface area (Å²) in [5.41, 5.74) is 1.16. The van der Waals surface area contributed by atoms with Crippen molar-refractivity contribution >= 4 is 44.9 Å². The monoisotopic (exact) mass is 395 g/mol. The van der Waals surface area contributed by atoms with Crippen molar-refractivity contribution < 1.29 is 14.7 Å². The van der Waals surface area contributed by atoms with E-state index in [1.165, 1.54) is 25.1 Å². The van der Waals surface area contributed by atoms with E-state index in [1.54, 1.807) is 0 Å². The van der Waals surface area contributed by atoms with E-state index >= 15 is 0 Å². The number of phenolic OH excluding ortho intramolecular Hbond substituents is 1. The van der Waals surface area contributed by atoms with E-state index in [1.807, 2.05) is 24.3 Å². The van der Waals surface area contributed by atoms with Crippen molar-refractivity contribution in [3.63, 3.8) is 0 Å². The minimum absolute atomic E-state index is 0.0167. The number of anilines is 1. The fraction of sp³-hybridized carbons (Fsp3) is 0.176. The number of hydrogen-bond donors (Lipinski definition) is 2. The fourth-order valence-corrected chi connectivity index (χ4v) is 2.54. The van der Waals surface area contributed by atoms with E-state index in [0.29, 0.717) is 11.4 Å². The van der Waals surface area contributed by atoms with Gasteiger partial charge in [-0.25, -0.2) is 0 Å². The van der Waals surface area contributed by atoms with Crippen LogP contribution in [-0.4, -0.2) is 16.8 Å². The number of carbonyl (C=O) groups is 2. The van der Waals surface area contributed by atoms with Crippen LogP contribution in [0.2, 0.25) is 5.02 Å². The molecule has 2 rings (SSSR count). The van der Waals surface area contributed by atoms with Crippen LogP contribution in [0.1, 0.15) is 12.5 Å². The average Bonchev–Trinajstić information content (AvgIpc) is 2.50. The summed E-state index contributed by atoms with van der Waals surface area (Å²) in [5, 5.41) is 12.4. The van der Waals surface area contributed by atoms with Crippen LogP contribution < -0.4 is 5.32 Å². The van der Waals surface area contributed by atoms with Gasteiger partial charge in [0.2, 0.25) is 5.91 Å². The number of hydrogen-bond acceptors (Lipinski definition) is 3. The number of amides is 1. The van der Waals surface area contributed by atoms with Gasteiger partial charge in [-0.05, 0) is 43.2 Å². The first-order valence-electron chi connectivity index (χ1n) is 6.91. The van der Waals surface area contributed by atoms with Crippen molar-refractivity contribution in [3.05, 3.63) is 57.5 Å². The second kappa shape index (κ2) is 7.62. The van der Waals surface area contributed by atoms with Crippen LogP contribution in [0.25, 0.3) is 0 Å². The smallest absolute Gasteiger partial charge is 0.235 e. The number of benzene rings is 2. The van der Waals surface area contributed by atoms with E-state index in [0.717, 1.165) is 10.0 Å². The summed E-state index contributed by atoms with van der Waals surface area (Å²) in [6.07, 6.45) is 0.297. The fourth-order valence-electron chi connectivity index (χ4n) is 2.11. The van der Waals surface area contributed by atoms with Crippen molar-refractivity contribution in [3.8, 4) is 5.75 Å². The zero-order valence-electron chi connectivity index (χ0n) is 12.3. The van der Waals surface area contributed by atoms with Gasteiger partial charge in [0, 0.05) is 10.5 Å². The molecular weight excluding hydrogens is 382 g/mol. The predicted molar refractivity (Wildman–Crippen MR) is 93.8 cm³/mol. The SMILES string of the molecule is CC(=O)C(Cc1ccc(Br)cc1)C(=O)Nc1cc(O)ccc1Cl. The van der Waals surface area contributed by atoms with Crippen LogP contribution in [0.15, 0.2) is 46.9 Å². The summed E-state index contributed by atoms with van der Waals surface area (Å²) >= 11 is 9.33. The highest BCUT2D eigenvalue weighted by molar-refractivity contribution is 9.10. The highest BCUT2D eigenvalue weighted by Crippen LogP contribution is 2.27. The molecule has 0 heterocycles. The number of phenols is 1. The van der Waals surface area contributed by atoms with Gasteiger partial charge in [0.25, 0.3) is 0 Å². The Balaban J connectivity index is 2.17. The van der Waals surface area contributed by atoms with Gasteiger partial charge in [-0.3, -0.25) is 9.59 Å². The molecule has 120 valence electrons. The Morgan fingerprint density at radius 1 is 1.22 bits per heavy atom. The lowest BCUT2D eigenvalue weighted by Crippen LogP contribution is -2.30. The number of nitrogens with one attached hydrogen (secondary N) is 1.